The Hall–Kier alpha value is -1.64. The molecule has 1 aromatic carbocycles. The van der Waals surface area contributed by atoms with E-state index in [1.165, 1.54) is 11.8 Å². The van der Waals surface area contributed by atoms with E-state index in [4.69, 9.17) is 0 Å². The van der Waals surface area contributed by atoms with Crippen LogP contribution in [0.25, 0.3) is 0 Å². The first kappa shape index (κ1) is 9.45. The van der Waals surface area contributed by atoms with Crippen molar-refractivity contribution in [2.45, 2.75) is 6.92 Å². The second kappa shape index (κ2) is 3.85. The summed E-state index contributed by atoms with van der Waals surface area (Å²) in [7, 11) is 1.64. The summed E-state index contributed by atoms with van der Waals surface area (Å²) in [4.78, 5) is 23.1. The zero-order valence-corrected chi connectivity index (χ0v) is 7.65. The summed E-state index contributed by atoms with van der Waals surface area (Å²) in [6, 6.07) is 6.98. The lowest BCUT2D eigenvalue weighted by atomic mass is 10.2. The normalized spacial score (nSPS) is 9.38. The number of rotatable bonds is 2. The summed E-state index contributed by atoms with van der Waals surface area (Å²) in [5, 5.41) is 0. The lowest BCUT2D eigenvalue weighted by Gasteiger charge is -2.16. The number of amides is 1. The van der Waals surface area contributed by atoms with Crippen molar-refractivity contribution in [3.05, 3.63) is 29.8 Å². The van der Waals surface area contributed by atoms with Gasteiger partial charge in [-0.1, -0.05) is 12.1 Å². The highest BCUT2D eigenvalue weighted by atomic mass is 16.2. The maximum absolute atomic E-state index is 11.0. The highest BCUT2D eigenvalue weighted by molar-refractivity contribution is 5.96. The van der Waals surface area contributed by atoms with Gasteiger partial charge in [-0.05, 0) is 12.1 Å². The summed E-state index contributed by atoms with van der Waals surface area (Å²) in [5.41, 5.74) is 1.17. The quantitative estimate of drug-likeness (QED) is 0.642. The largest absolute Gasteiger partial charge is 0.315 e. The highest BCUT2D eigenvalue weighted by Crippen LogP contribution is 2.16. The van der Waals surface area contributed by atoms with Gasteiger partial charge >= 0.3 is 0 Å². The van der Waals surface area contributed by atoms with Gasteiger partial charge < -0.3 is 4.90 Å². The molecule has 0 heterocycles. The standard InChI is InChI=1S/C10H11NO2/c1-8(13)11(2)10-6-4-3-5-9(10)7-12/h3-7H,1-2H3. The third-order valence-electron chi connectivity index (χ3n) is 1.90. The molecule has 1 rings (SSSR count). The number of carbonyl (C=O) groups is 2. The number of aldehydes is 1. The first-order chi connectivity index (χ1) is 6.16. The van der Waals surface area contributed by atoms with Crippen LogP contribution < -0.4 is 4.90 Å². The van der Waals surface area contributed by atoms with Crippen LogP contribution in [0.2, 0.25) is 0 Å². The van der Waals surface area contributed by atoms with Gasteiger partial charge in [-0.25, -0.2) is 0 Å². The number of hydrogen-bond acceptors (Lipinski definition) is 2. The van der Waals surface area contributed by atoms with E-state index in [-0.39, 0.29) is 5.91 Å². The molecule has 0 atom stereocenters. The Kier molecular flexibility index (Phi) is 2.80. The molecule has 0 aliphatic carbocycles. The average Bonchev–Trinajstić information content (AvgIpc) is 2.16. The average molecular weight is 177 g/mol. The van der Waals surface area contributed by atoms with Crippen molar-refractivity contribution in [1.82, 2.24) is 0 Å². The zero-order valence-electron chi connectivity index (χ0n) is 7.65. The molecule has 0 N–H and O–H groups in total. The van der Waals surface area contributed by atoms with Gasteiger partial charge in [0.2, 0.25) is 5.91 Å². The predicted molar refractivity (Wildman–Crippen MR) is 50.9 cm³/mol. The van der Waals surface area contributed by atoms with Crippen LogP contribution in [-0.2, 0) is 4.79 Å². The molecule has 0 bridgehead atoms. The topological polar surface area (TPSA) is 37.4 Å². The van der Waals surface area contributed by atoms with E-state index in [1.54, 1.807) is 31.3 Å². The molecule has 0 aromatic heterocycles. The molecule has 0 unspecified atom stereocenters. The first-order valence-electron chi connectivity index (χ1n) is 3.95. The van der Waals surface area contributed by atoms with E-state index in [0.717, 1.165) is 6.29 Å². The predicted octanol–water partition coefficient (Wildman–Crippen LogP) is 1.48. The van der Waals surface area contributed by atoms with Crippen LogP contribution in [0.5, 0.6) is 0 Å². The summed E-state index contributed by atoms with van der Waals surface area (Å²) in [6.45, 7) is 1.46. The molecule has 3 heteroatoms. The molecule has 1 amide bonds. The fourth-order valence-corrected chi connectivity index (χ4v) is 1.06. The van der Waals surface area contributed by atoms with Gasteiger partial charge in [0.25, 0.3) is 0 Å². The lowest BCUT2D eigenvalue weighted by molar-refractivity contribution is -0.116. The maximum atomic E-state index is 11.0. The summed E-state index contributed by atoms with van der Waals surface area (Å²) in [6.07, 6.45) is 0.745. The van der Waals surface area contributed by atoms with Gasteiger partial charge in [-0.15, -0.1) is 0 Å². The molecular formula is C10H11NO2. The molecule has 0 saturated carbocycles. The van der Waals surface area contributed by atoms with Crippen LogP contribution in [0.1, 0.15) is 17.3 Å². The number of para-hydroxylation sites is 1. The third-order valence-corrected chi connectivity index (χ3v) is 1.90. The van der Waals surface area contributed by atoms with E-state index in [2.05, 4.69) is 0 Å². The molecule has 3 nitrogen and oxygen atoms in total. The van der Waals surface area contributed by atoms with E-state index >= 15 is 0 Å². The minimum Gasteiger partial charge on any atom is -0.315 e. The van der Waals surface area contributed by atoms with Crippen LogP contribution in [0.4, 0.5) is 5.69 Å². The molecule has 0 radical (unpaired) electrons. The second-order valence-electron chi connectivity index (χ2n) is 2.75. The molecular weight excluding hydrogens is 166 g/mol. The fraction of sp³-hybridized carbons (Fsp3) is 0.200. The van der Waals surface area contributed by atoms with Crippen LogP contribution in [0.3, 0.4) is 0 Å². The third kappa shape index (κ3) is 1.93. The molecule has 13 heavy (non-hydrogen) atoms. The Balaban J connectivity index is 3.12. The number of nitrogens with zero attached hydrogens (tertiary/aromatic N) is 1. The van der Waals surface area contributed by atoms with Gasteiger partial charge in [0, 0.05) is 19.5 Å². The maximum Gasteiger partial charge on any atom is 0.223 e. The Morgan fingerprint density at radius 2 is 2.00 bits per heavy atom. The molecule has 0 saturated heterocycles. The number of benzene rings is 1. The molecule has 0 aliphatic heterocycles. The second-order valence-corrected chi connectivity index (χ2v) is 2.75. The number of anilines is 1. The van der Waals surface area contributed by atoms with E-state index < -0.39 is 0 Å². The van der Waals surface area contributed by atoms with E-state index in [0.29, 0.717) is 11.3 Å². The minimum atomic E-state index is -0.0886. The van der Waals surface area contributed by atoms with E-state index in [1.807, 2.05) is 0 Å². The van der Waals surface area contributed by atoms with Crippen molar-refractivity contribution in [3.8, 4) is 0 Å². The van der Waals surface area contributed by atoms with Gasteiger partial charge in [0.05, 0.1) is 5.69 Å². The summed E-state index contributed by atoms with van der Waals surface area (Å²) >= 11 is 0. The first-order valence-corrected chi connectivity index (χ1v) is 3.95. The smallest absolute Gasteiger partial charge is 0.223 e. The number of hydrogen-bond donors (Lipinski definition) is 0. The van der Waals surface area contributed by atoms with Crippen molar-refractivity contribution in [1.29, 1.82) is 0 Å². The van der Waals surface area contributed by atoms with E-state index in [9.17, 15) is 9.59 Å². The van der Waals surface area contributed by atoms with Crippen molar-refractivity contribution in [2.75, 3.05) is 11.9 Å². The van der Waals surface area contributed by atoms with Crippen molar-refractivity contribution < 1.29 is 9.59 Å². The lowest BCUT2D eigenvalue weighted by Crippen LogP contribution is -2.23. The molecule has 68 valence electrons. The van der Waals surface area contributed by atoms with Gasteiger partial charge in [0.1, 0.15) is 0 Å². The van der Waals surface area contributed by atoms with Crippen molar-refractivity contribution in [2.24, 2.45) is 0 Å². The Bertz CT molecular complexity index is 333. The monoisotopic (exact) mass is 177 g/mol. The zero-order chi connectivity index (χ0) is 9.84. The highest BCUT2D eigenvalue weighted by Gasteiger charge is 2.08. The van der Waals surface area contributed by atoms with Gasteiger partial charge in [-0.3, -0.25) is 9.59 Å². The summed E-state index contributed by atoms with van der Waals surface area (Å²) < 4.78 is 0. The Labute approximate surface area is 77.0 Å². The SMILES string of the molecule is CC(=O)N(C)c1ccccc1C=O. The van der Waals surface area contributed by atoms with Crippen LogP contribution >= 0.6 is 0 Å². The van der Waals surface area contributed by atoms with Crippen molar-refractivity contribution in [3.63, 3.8) is 0 Å². The van der Waals surface area contributed by atoms with Crippen molar-refractivity contribution >= 4 is 17.9 Å². The van der Waals surface area contributed by atoms with Gasteiger partial charge in [0.15, 0.2) is 6.29 Å². The van der Waals surface area contributed by atoms with Crippen LogP contribution in [-0.4, -0.2) is 19.2 Å². The Morgan fingerprint density at radius 1 is 1.38 bits per heavy atom. The molecule has 0 spiro atoms. The Morgan fingerprint density at radius 3 is 2.54 bits per heavy atom. The summed E-state index contributed by atoms with van der Waals surface area (Å²) in [5.74, 6) is -0.0886. The van der Waals surface area contributed by atoms with Crippen LogP contribution in [0.15, 0.2) is 24.3 Å². The van der Waals surface area contributed by atoms with Crippen LogP contribution in [0, 0.1) is 0 Å². The minimum absolute atomic E-state index is 0.0886. The molecule has 0 aliphatic rings. The molecule has 0 fully saturated rings. The van der Waals surface area contributed by atoms with Gasteiger partial charge in [-0.2, -0.15) is 0 Å². The molecule has 1 aromatic rings. The fourth-order valence-electron chi connectivity index (χ4n) is 1.06. The number of carbonyl (C=O) groups excluding carboxylic acids is 2.